The molecule has 126 heavy (non-hydrogen) atoms. The number of unbranched alkanes of at least 4 members (excludes halogenated alkanes) is 3. The number of nitrogens with zero attached hydrogens (tertiary/aromatic N) is 3. The van der Waals surface area contributed by atoms with Gasteiger partial charge >= 0.3 is 18.3 Å². The van der Waals surface area contributed by atoms with Crippen molar-refractivity contribution in [3.8, 4) is 40.2 Å². The normalized spacial score (nSPS) is 17.4. The van der Waals surface area contributed by atoms with Crippen molar-refractivity contribution in [2.45, 2.75) is 151 Å². The highest BCUT2D eigenvalue weighted by Gasteiger charge is 2.55. The van der Waals surface area contributed by atoms with Gasteiger partial charge < -0.3 is 76.3 Å². The lowest BCUT2D eigenvalue weighted by atomic mass is 9.84. The van der Waals surface area contributed by atoms with Crippen LogP contribution in [0.25, 0.3) is 0 Å². The molecule has 7 aromatic rings. The number of carbonyl (C=O) groups is 6. The van der Waals surface area contributed by atoms with Gasteiger partial charge in [-0.1, -0.05) is 54.6 Å². The van der Waals surface area contributed by atoms with E-state index < -0.39 is 67.6 Å². The molecule has 6 aliphatic rings. The number of hydroxylamine groups is 3. The van der Waals surface area contributed by atoms with E-state index in [1.54, 1.807) is 43.1 Å². The van der Waals surface area contributed by atoms with Gasteiger partial charge in [0.1, 0.15) is 17.2 Å². The van der Waals surface area contributed by atoms with Crippen LogP contribution >= 0.6 is 0 Å². The van der Waals surface area contributed by atoms with Gasteiger partial charge in [-0.2, -0.15) is 0 Å². The van der Waals surface area contributed by atoms with E-state index in [1.807, 2.05) is 79.7 Å². The molecule has 7 aromatic carbocycles. The molecule has 6 N–H and O–H groups in total. The third-order valence-corrected chi connectivity index (χ3v) is 31.1. The van der Waals surface area contributed by atoms with Crippen LogP contribution in [0, 0.1) is 0 Å². The highest BCUT2D eigenvalue weighted by Crippen LogP contribution is 2.44. The zero-order valence-electron chi connectivity index (χ0n) is 71.1. The van der Waals surface area contributed by atoms with Crippen molar-refractivity contribution >= 4 is 65.5 Å². The topological polar surface area (TPSA) is 431 Å². The summed E-state index contributed by atoms with van der Waals surface area (Å²) in [5.41, 5.74) is 12.2. The number of methoxy groups -OCH3 is 4. The van der Waals surface area contributed by atoms with Crippen LogP contribution in [0.3, 0.4) is 0 Å². The first kappa shape index (κ1) is 95.6. The molecule has 0 aromatic heterocycles. The van der Waals surface area contributed by atoms with Crippen LogP contribution in [-0.4, -0.2) is 233 Å². The highest BCUT2D eigenvalue weighted by molar-refractivity contribution is 7.94. The Morgan fingerprint density at radius 2 is 0.738 bits per heavy atom. The Morgan fingerprint density at radius 3 is 1.14 bits per heavy atom. The van der Waals surface area contributed by atoms with Crippen molar-refractivity contribution in [1.82, 2.24) is 31.1 Å². The Morgan fingerprint density at radius 1 is 0.397 bits per heavy atom. The number of amides is 6. The van der Waals surface area contributed by atoms with E-state index in [-0.39, 0.29) is 137 Å². The lowest BCUT2D eigenvalue weighted by Gasteiger charge is -2.35. The van der Waals surface area contributed by atoms with E-state index in [9.17, 15) is 64.4 Å². The van der Waals surface area contributed by atoms with Crippen LogP contribution in [0.2, 0.25) is 0 Å². The number of fused-ring (bicyclic) bond motifs is 3. The number of ether oxygens (including phenoxy) is 13. The molecule has 13 rings (SSSR count). The van der Waals surface area contributed by atoms with E-state index in [1.165, 1.54) is 94.8 Å². The Labute approximate surface area is 732 Å². The summed E-state index contributed by atoms with van der Waals surface area (Å²) in [5.74, 6) is 0.976. The number of hydrogen-bond donors (Lipinski definition) is 6. The Kier molecular flexibility index (Phi) is 33.7. The number of hydrogen-bond acceptors (Lipinski definition) is 28. The second kappa shape index (κ2) is 44.4. The van der Waals surface area contributed by atoms with Gasteiger partial charge in [0.15, 0.2) is 66.8 Å². The van der Waals surface area contributed by atoms with Crippen molar-refractivity contribution in [2.75, 3.05) is 127 Å². The van der Waals surface area contributed by atoms with Gasteiger partial charge in [-0.25, -0.2) is 56.1 Å². The summed E-state index contributed by atoms with van der Waals surface area (Å²) in [4.78, 5) is 80.4. The number of carbonyl (C=O) groups excluding carboxylic acids is 6. The second-order valence-corrected chi connectivity index (χ2v) is 37.6. The minimum atomic E-state index is -4.12. The number of rotatable bonds is 32. The number of sulfone groups is 3. The number of nitrogens with one attached hydrogen (secondary N) is 3. The van der Waals surface area contributed by atoms with E-state index >= 15 is 0 Å². The van der Waals surface area contributed by atoms with Crippen molar-refractivity contribution in [2.24, 2.45) is 0 Å². The third kappa shape index (κ3) is 22.0. The minimum absolute atomic E-state index is 0.0300. The predicted molar refractivity (Wildman–Crippen MR) is 454 cm³/mol. The van der Waals surface area contributed by atoms with Gasteiger partial charge in [0.05, 0.1) is 88.8 Å². The Bertz CT molecular complexity index is 5210. The van der Waals surface area contributed by atoms with E-state index in [2.05, 4.69) is 6.07 Å². The summed E-state index contributed by atoms with van der Waals surface area (Å²) in [7, 11) is -5.93. The molecule has 6 heterocycles. The highest BCUT2D eigenvalue weighted by atomic mass is 32.2. The first-order valence-electron chi connectivity index (χ1n) is 41.7. The molecule has 6 amide bonds. The van der Waals surface area contributed by atoms with Crippen LogP contribution in [-0.2, 0) is 98.2 Å². The molecule has 2 unspecified atom stereocenters. The first-order chi connectivity index (χ1) is 60.8. The second-order valence-electron chi connectivity index (χ2n) is 30.8. The zero-order chi connectivity index (χ0) is 90.1. The Balaban J connectivity index is 0.000000185. The molecule has 0 aliphatic carbocycles. The van der Waals surface area contributed by atoms with Gasteiger partial charge in [0.25, 0.3) is 17.7 Å². The molecule has 0 saturated carbocycles. The molecular formula is C89H110N6O28S3. The SMILES string of the molecule is COc1cc2c(cc1OC)C(C)N(C(=O)OCCCCOc1ccc(S(=O)(=O)C3(C(=O)NO)CCOCC3)cc1)CC2.COc1cc2c(cc1OC)C(c1ccccc1)CN(C(=O)OCCCCOc1ccc(S(=O)(=O)C3(C(=O)NO)CCOCC3)cc1)C2.O=C(OCCCCOc1ccc(S(=O)(=O)C2(C(=O)NO)CCOCC2)cc1)N1CCc2ccccc2C1. The van der Waals surface area contributed by atoms with Crippen LogP contribution in [0.4, 0.5) is 14.4 Å². The molecular weight excluding hydrogens is 1700 g/mol. The minimum Gasteiger partial charge on any atom is -0.494 e. The average molecular weight is 1810 g/mol. The monoisotopic (exact) mass is 1810 g/mol. The van der Waals surface area contributed by atoms with Gasteiger partial charge in [-0.05, 0) is 233 Å². The van der Waals surface area contributed by atoms with Crippen LogP contribution in [0.5, 0.6) is 40.2 Å². The molecule has 6 aliphatic heterocycles. The first-order valence-corrected chi connectivity index (χ1v) is 46.1. The fourth-order valence-corrected chi connectivity index (χ4v) is 22.0. The predicted octanol–water partition coefficient (Wildman–Crippen LogP) is 10.8. The average Bonchev–Trinajstić information content (AvgIpc) is 0.759. The van der Waals surface area contributed by atoms with Gasteiger partial charge in [0, 0.05) is 78.3 Å². The van der Waals surface area contributed by atoms with Gasteiger partial charge in [0.2, 0.25) is 0 Å². The quantitative estimate of drug-likeness (QED) is 0.00987. The van der Waals surface area contributed by atoms with Gasteiger partial charge in [-0.3, -0.25) is 30.0 Å². The lowest BCUT2D eigenvalue weighted by molar-refractivity contribution is -0.135. The maximum atomic E-state index is 13.4. The van der Waals surface area contributed by atoms with Crippen LogP contribution in [0.15, 0.2) is 166 Å². The summed E-state index contributed by atoms with van der Waals surface area (Å²) >= 11 is 0. The summed E-state index contributed by atoms with van der Waals surface area (Å²) in [6.45, 7) is 6.90. The Hall–Kier alpha value is -11.0. The van der Waals surface area contributed by atoms with E-state index in [0.29, 0.717) is 138 Å². The fraction of sp³-hybridized carbons (Fsp3) is 0.461. The molecule has 37 heteroatoms. The molecule has 0 spiro atoms. The number of benzene rings is 7. The summed E-state index contributed by atoms with van der Waals surface area (Å²) in [6, 6.07) is 43.2. The third-order valence-electron chi connectivity index (χ3n) is 23.5. The maximum absolute atomic E-state index is 13.4. The van der Waals surface area contributed by atoms with Crippen LogP contribution < -0.4 is 49.6 Å². The molecule has 682 valence electrons. The summed E-state index contributed by atoms with van der Waals surface area (Å²) in [6.07, 6.45) is 3.73. The van der Waals surface area contributed by atoms with Crippen LogP contribution in [0.1, 0.15) is 135 Å². The molecule has 0 radical (unpaired) electrons. The fourth-order valence-electron chi connectivity index (χ4n) is 16.2. The lowest BCUT2D eigenvalue weighted by Crippen LogP contribution is -2.54. The molecule has 2 atom stereocenters. The summed E-state index contributed by atoms with van der Waals surface area (Å²) in [5, 5.41) is 27.5. The summed E-state index contributed by atoms with van der Waals surface area (Å²) < 4.78 is 146. The van der Waals surface area contributed by atoms with E-state index in [0.717, 1.165) is 39.8 Å². The smallest absolute Gasteiger partial charge is 0.410 e. The van der Waals surface area contributed by atoms with Crippen molar-refractivity contribution in [3.63, 3.8) is 0 Å². The molecule has 34 nitrogen and oxygen atoms in total. The van der Waals surface area contributed by atoms with Gasteiger partial charge in [-0.15, -0.1) is 0 Å². The molecule has 3 saturated heterocycles. The van der Waals surface area contributed by atoms with Crippen molar-refractivity contribution in [1.29, 1.82) is 0 Å². The standard InChI is InChI=1S/C34H40N2O10S.C29H38N2O10S.C26H32N2O8S/c1-42-30-20-25-22-36(23-29(24-8-4-3-5-9-24)28(25)21-31(30)43-2)33(38)46-17-7-6-16-45-26-10-12-27(13-11-26)47(40,41)34(32(37)35-39)14-18-44-19-15-34;1-20-24-19-26(38-3)25(37-2)18-21(24)10-13-31(20)28(33)41-15-5-4-14-40-22-6-8-23(9-7-22)42(35,36)29(27(32)30-34)11-16-39-17-12-29;29-24(27-31)26(12-17-34-18-13-26)37(32,33)23-9-7-22(8-10-23)35-15-3-4-16-36-25(30)28-14-11-20-5-1-2-6-21(20)19-28/h3-5,8-13,20-21,29,39H,6-7,14-19,22-23H2,1-2H3,(H,35,37);6-9,18-20,34H,4-5,10-17H2,1-3H3,(H,30,32);1-2,5-10,31H,3-4,11-19H2,(H,27,29). The zero-order valence-corrected chi connectivity index (χ0v) is 73.6. The molecule has 0 bridgehead atoms. The van der Waals surface area contributed by atoms with Crippen molar-refractivity contribution < 1.29 is 131 Å². The molecule has 3 fully saturated rings. The maximum Gasteiger partial charge on any atom is 0.410 e. The largest absolute Gasteiger partial charge is 0.494 e. The van der Waals surface area contributed by atoms with Crippen molar-refractivity contribution in [3.05, 3.63) is 191 Å². The van der Waals surface area contributed by atoms with E-state index in [4.69, 9.17) is 66.8 Å².